The zero-order valence-electron chi connectivity index (χ0n) is 14.3. The standard InChI is InChI=1S/C19H18Cl2FN3O2/c20-14-5-1-4-11(16(14)22)13-9-10(3-2-8-26)25-19(13)12-6-7-15(21)23-17(12)24-18(19)27/h1,4-7,10,13,25-26H,2-3,8-9H2,(H,23,24,27). The SMILES string of the molecule is O=C1Nc2nc(Cl)ccc2C12NC(CCCO)CC2c1cccc(Cl)c1F. The summed E-state index contributed by atoms with van der Waals surface area (Å²) in [7, 11) is 0. The van der Waals surface area contributed by atoms with Crippen molar-refractivity contribution in [3.63, 3.8) is 0 Å². The Kier molecular flexibility index (Phi) is 4.84. The van der Waals surface area contributed by atoms with Gasteiger partial charge in [-0.05, 0) is 43.0 Å². The van der Waals surface area contributed by atoms with E-state index in [1.165, 1.54) is 6.07 Å². The van der Waals surface area contributed by atoms with Gasteiger partial charge >= 0.3 is 0 Å². The summed E-state index contributed by atoms with van der Waals surface area (Å²) in [5.41, 5.74) is -0.120. The van der Waals surface area contributed by atoms with Gasteiger partial charge in [0.25, 0.3) is 5.91 Å². The van der Waals surface area contributed by atoms with Crippen LogP contribution in [0.3, 0.4) is 0 Å². The van der Waals surface area contributed by atoms with Crippen LogP contribution in [-0.2, 0) is 10.3 Å². The van der Waals surface area contributed by atoms with Crippen molar-refractivity contribution in [3.8, 4) is 0 Å². The van der Waals surface area contributed by atoms with Gasteiger partial charge in [0, 0.05) is 24.1 Å². The molecule has 2 aromatic rings. The van der Waals surface area contributed by atoms with E-state index >= 15 is 0 Å². The summed E-state index contributed by atoms with van der Waals surface area (Å²) in [6, 6.07) is 8.15. The molecule has 1 saturated heterocycles. The highest BCUT2D eigenvalue weighted by atomic mass is 35.5. The number of aliphatic hydroxyl groups is 1. The number of nitrogens with one attached hydrogen (secondary N) is 2. The van der Waals surface area contributed by atoms with Gasteiger partial charge < -0.3 is 10.4 Å². The molecule has 1 fully saturated rings. The maximum Gasteiger partial charge on any atom is 0.251 e. The number of carbonyl (C=O) groups is 1. The Labute approximate surface area is 165 Å². The lowest BCUT2D eigenvalue weighted by atomic mass is 9.76. The number of halogens is 3. The fourth-order valence-corrected chi connectivity index (χ4v) is 4.62. The second kappa shape index (κ2) is 7.02. The monoisotopic (exact) mass is 409 g/mol. The predicted molar refractivity (Wildman–Crippen MR) is 102 cm³/mol. The van der Waals surface area contributed by atoms with E-state index in [-0.39, 0.29) is 28.7 Å². The lowest BCUT2D eigenvalue weighted by Crippen LogP contribution is -2.49. The lowest BCUT2D eigenvalue weighted by Gasteiger charge is -2.30. The average molecular weight is 410 g/mol. The van der Waals surface area contributed by atoms with Crippen molar-refractivity contribution in [1.29, 1.82) is 0 Å². The Hall–Kier alpha value is -1.73. The maximum absolute atomic E-state index is 14.9. The number of amides is 1. The van der Waals surface area contributed by atoms with E-state index < -0.39 is 17.3 Å². The molecule has 4 rings (SSSR count). The number of benzene rings is 1. The van der Waals surface area contributed by atoms with Crippen LogP contribution in [0, 0.1) is 5.82 Å². The quantitative estimate of drug-likeness (QED) is 0.674. The molecule has 1 spiro atoms. The summed E-state index contributed by atoms with van der Waals surface area (Å²) in [5, 5.41) is 15.7. The first kappa shape index (κ1) is 18.6. The molecule has 3 atom stereocenters. The molecule has 3 N–H and O–H groups in total. The molecule has 27 heavy (non-hydrogen) atoms. The zero-order valence-corrected chi connectivity index (χ0v) is 15.8. The highest BCUT2D eigenvalue weighted by molar-refractivity contribution is 6.30. The van der Waals surface area contributed by atoms with Crippen LogP contribution < -0.4 is 10.6 Å². The normalized spacial score (nSPS) is 26.4. The van der Waals surface area contributed by atoms with E-state index in [9.17, 15) is 14.3 Å². The molecule has 1 aromatic heterocycles. The van der Waals surface area contributed by atoms with Crippen LogP contribution in [-0.4, -0.2) is 28.6 Å². The van der Waals surface area contributed by atoms with Crippen molar-refractivity contribution < 1.29 is 14.3 Å². The summed E-state index contributed by atoms with van der Waals surface area (Å²) < 4.78 is 14.9. The number of rotatable bonds is 4. The van der Waals surface area contributed by atoms with Gasteiger partial charge in [-0.1, -0.05) is 35.3 Å². The molecule has 2 aliphatic heterocycles. The third-order valence-electron chi connectivity index (χ3n) is 5.42. The molecule has 1 amide bonds. The largest absolute Gasteiger partial charge is 0.396 e. The Morgan fingerprint density at radius 3 is 2.89 bits per heavy atom. The second-order valence-electron chi connectivity index (χ2n) is 6.93. The summed E-state index contributed by atoms with van der Waals surface area (Å²) in [6.45, 7) is 0.0569. The van der Waals surface area contributed by atoms with Gasteiger partial charge in [0.2, 0.25) is 0 Å². The van der Waals surface area contributed by atoms with Crippen LogP contribution in [0.25, 0.3) is 0 Å². The van der Waals surface area contributed by atoms with Crippen molar-refractivity contribution in [1.82, 2.24) is 10.3 Å². The number of fused-ring (bicyclic) bond motifs is 2. The van der Waals surface area contributed by atoms with Crippen LogP contribution in [0.15, 0.2) is 30.3 Å². The van der Waals surface area contributed by atoms with E-state index in [1.54, 1.807) is 24.3 Å². The van der Waals surface area contributed by atoms with Crippen LogP contribution in [0.4, 0.5) is 10.2 Å². The molecule has 2 aliphatic rings. The Morgan fingerprint density at radius 2 is 2.11 bits per heavy atom. The molecule has 5 nitrogen and oxygen atoms in total. The molecule has 8 heteroatoms. The number of aromatic nitrogens is 1. The van der Waals surface area contributed by atoms with Crippen LogP contribution >= 0.6 is 23.2 Å². The topological polar surface area (TPSA) is 74.2 Å². The highest BCUT2D eigenvalue weighted by Gasteiger charge is 2.58. The van der Waals surface area contributed by atoms with E-state index in [2.05, 4.69) is 15.6 Å². The first-order valence-electron chi connectivity index (χ1n) is 8.78. The first-order chi connectivity index (χ1) is 13.0. The van der Waals surface area contributed by atoms with Crippen LogP contribution in [0.2, 0.25) is 10.2 Å². The highest BCUT2D eigenvalue weighted by Crippen LogP contribution is 2.52. The fourth-order valence-electron chi connectivity index (χ4n) is 4.29. The zero-order chi connectivity index (χ0) is 19.2. The molecule has 142 valence electrons. The second-order valence-corrected chi connectivity index (χ2v) is 7.73. The molecule has 3 unspecified atom stereocenters. The van der Waals surface area contributed by atoms with Crippen molar-refractivity contribution >= 4 is 34.9 Å². The van der Waals surface area contributed by atoms with Gasteiger partial charge in [-0.2, -0.15) is 0 Å². The number of hydrogen-bond acceptors (Lipinski definition) is 4. The summed E-state index contributed by atoms with van der Waals surface area (Å²) in [5.74, 6) is -0.890. The number of pyridine rings is 1. The third kappa shape index (κ3) is 2.91. The number of hydrogen-bond donors (Lipinski definition) is 3. The van der Waals surface area contributed by atoms with Gasteiger partial charge in [-0.25, -0.2) is 9.37 Å². The van der Waals surface area contributed by atoms with Crippen molar-refractivity contribution in [2.24, 2.45) is 0 Å². The van der Waals surface area contributed by atoms with Crippen molar-refractivity contribution in [2.45, 2.75) is 36.8 Å². The summed E-state index contributed by atoms with van der Waals surface area (Å²) >= 11 is 12.0. The average Bonchev–Trinajstić information content (AvgIpc) is 3.14. The maximum atomic E-state index is 14.9. The van der Waals surface area contributed by atoms with Crippen LogP contribution in [0.5, 0.6) is 0 Å². The van der Waals surface area contributed by atoms with Crippen molar-refractivity contribution in [3.05, 3.63) is 57.5 Å². The third-order valence-corrected chi connectivity index (χ3v) is 5.92. The number of aliphatic hydroxyl groups excluding tert-OH is 1. The van der Waals surface area contributed by atoms with Crippen LogP contribution in [0.1, 0.15) is 36.3 Å². The van der Waals surface area contributed by atoms with Crippen molar-refractivity contribution in [2.75, 3.05) is 11.9 Å². The number of anilines is 1. The molecular formula is C19H18Cl2FN3O2. The minimum Gasteiger partial charge on any atom is -0.396 e. The molecule has 0 bridgehead atoms. The molecule has 0 saturated carbocycles. The van der Waals surface area contributed by atoms with Gasteiger partial charge in [0.15, 0.2) is 0 Å². The fraction of sp³-hybridized carbons (Fsp3) is 0.368. The van der Waals surface area contributed by atoms with E-state index in [0.717, 1.165) is 0 Å². The van der Waals surface area contributed by atoms with Gasteiger partial charge in [-0.15, -0.1) is 0 Å². The number of nitrogens with zero attached hydrogens (tertiary/aromatic N) is 1. The van der Waals surface area contributed by atoms with Gasteiger partial charge in [-0.3, -0.25) is 10.1 Å². The smallest absolute Gasteiger partial charge is 0.251 e. The lowest BCUT2D eigenvalue weighted by molar-refractivity contribution is -0.122. The summed E-state index contributed by atoms with van der Waals surface area (Å²) in [4.78, 5) is 17.3. The molecule has 0 radical (unpaired) electrons. The van der Waals surface area contributed by atoms with Gasteiger partial charge in [0.05, 0.1) is 5.02 Å². The van der Waals surface area contributed by atoms with E-state index in [0.29, 0.717) is 36.2 Å². The molecular weight excluding hydrogens is 392 g/mol. The minimum absolute atomic E-state index is 0.0225. The van der Waals surface area contributed by atoms with E-state index in [4.69, 9.17) is 23.2 Å². The Bertz CT molecular complexity index is 911. The Balaban J connectivity index is 1.86. The minimum atomic E-state index is -1.15. The predicted octanol–water partition coefficient (Wildman–Crippen LogP) is 3.59. The van der Waals surface area contributed by atoms with E-state index in [1.807, 2.05) is 0 Å². The summed E-state index contributed by atoms with van der Waals surface area (Å²) in [6.07, 6.45) is 1.79. The molecule has 3 heterocycles. The molecule has 0 aliphatic carbocycles. The Morgan fingerprint density at radius 1 is 1.30 bits per heavy atom. The van der Waals surface area contributed by atoms with Gasteiger partial charge in [0.1, 0.15) is 22.3 Å². The molecule has 1 aromatic carbocycles. The number of carbonyl (C=O) groups excluding carboxylic acids is 1. The first-order valence-corrected chi connectivity index (χ1v) is 9.54.